The van der Waals surface area contributed by atoms with Crippen molar-refractivity contribution in [1.29, 1.82) is 5.26 Å². The van der Waals surface area contributed by atoms with Gasteiger partial charge in [0.2, 0.25) is 11.0 Å². The maximum absolute atomic E-state index is 10.7. The average molecular weight is 228 g/mol. The van der Waals surface area contributed by atoms with E-state index in [1.165, 1.54) is 11.9 Å². The van der Waals surface area contributed by atoms with Crippen molar-refractivity contribution in [3.63, 3.8) is 0 Å². The van der Waals surface area contributed by atoms with Gasteiger partial charge in [-0.05, 0) is 0 Å². The summed E-state index contributed by atoms with van der Waals surface area (Å²) in [6.45, 7) is -0.0197. The van der Waals surface area contributed by atoms with E-state index in [4.69, 9.17) is 16.9 Å². The van der Waals surface area contributed by atoms with Gasteiger partial charge in [-0.1, -0.05) is 11.6 Å². The van der Waals surface area contributed by atoms with Gasteiger partial charge in [-0.25, -0.2) is 9.97 Å². The predicted octanol–water partition coefficient (Wildman–Crippen LogP) is 0.998. The lowest BCUT2D eigenvalue weighted by molar-refractivity contribution is -0.384. The van der Waals surface area contributed by atoms with Crippen LogP contribution in [0.5, 0.6) is 0 Å². The molecule has 0 amide bonds. The molecule has 0 aromatic carbocycles. The van der Waals surface area contributed by atoms with Gasteiger partial charge in [0.05, 0.1) is 11.0 Å². The maximum atomic E-state index is 10.7. The van der Waals surface area contributed by atoms with E-state index >= 15 is 0 Å². The highest BCUT2D eigenvalue weighted by molar-refractivity contribution is 6.31. The van der Waals surface area contributed by atoms with Crippen LogP contribution in [0.1, 0.15) is 0 Å². The van der Waals surface area contributed by atoms with Gasteiger partial charge in [-0.2, -0.15) is 5.26 Å². The number of anilines is 1. The second kappa shape index (κ2) is 4.52. The van der Waals surface area contributed by atoms with Gasteiger partial charge in [0.1, 0.15) is 12.9 Å². The second-order valence-corrected chi connectivity index (χ2v) is 2.97. The standard InChI is InChI=1S/C7H6ClN5O2/c1-12(3-2-9)7-5(13(14)15)6(8)10-4-11-7/h4H,3H2,1H3. The zero-order valence-electron chi connectivity index (χ0n) is 7.71. The zero-order valence-corrected chi connectivity index (χ0v) is 8.47. The first kappa shape index (κ1) is 11.1. The highest BCUT2D eigenvalue weighted by Crippen LogP contribution is 2.30. The monoisotopic (exact) mass is 227 g/mol. The van der Waals surface area contributed by atoms with Gasteiger partial charge in [0, 0.05) is 7.05 Å². The van der Waals surface area contributed by atoms with Crippen molar-refractivity contribution in [3.05, 3.63) is 21.6 Å². The number of nitro groups is 1. The number of hydrogen-bond acceptors (Lipinski definition) is 6. The molecule has 0 bridgehead atoms. The molecular weight excluding hydrogens is 222 g/mol. The molecule has 0 unspecified atom stereocenters. The summed E-state index contributed by atoms with van der Waals surface area (Å²) < 4.78 is 0. The molecule has 15 heavy (non-hydrogen) atoms. The fraction of sp³-hybridized carbons (Fsp3) is 0.286. The number of rotatable bonds is 3. The number of nitriles is 1. The van der Waals surface area contributed by atoms with Gasteiger partial charge in [-0.15, -0.1) is 0 Å². The molecule has 0 spiro atoms. The molecule has 0 atom stereocenters. The van der Waals surface area contributed by atoms with E-state index in [0.717, 1.165) is 6.33 Å². The van der Waals surface area contributed by atoms with Crippen molar-refractivity contribution in [1.82, 2.24) is 9.97 Å². The molecule has 1 aromatic heterocycles. The SMILES string of the molecule is CN(CC#N)c1ncnc(Cl)c1[N+](=O)[O-]. The van der Waals surface area contributed by atoms with Crippen molar-refractivity contribution in [2.45, 2.75) is 0 Å². The Balaban J connectivity index is 3.23. The molecule has 0 saturated heterocycles. The summed E-state index contributed by atoms with van der Waals surface area (Å²) in [5.74, 6) is 0.0292. The van der Waals surface area contributed by atoms with Crippen LogP contribution in [-0.4, -0.2) is 28.5 Å². The molecule has 1 rings (SSSR count). The molecule has 1 aromatic rings. The van der Waals surface area contributed by atoms with Crippen LogP contribution in [0, 0.1) is 21.4 Å². The molecule has 7 nitrogen and oxygen atoms in total. The van der Waals surface area contributed by atoms with Gasteiger partial charge in [-0.3, -0.25) is 10.1 Å². The lowest BCUT2D eigenvalue weighted by Crippen LogP contribution is -2.20. The van der Waals surface area contributed by atoms with Gasteiger partial charge >= 0.3 is 5.69 Å². The highest BCUT2D eigenvalue weighted by atomic mass is 35.5. The normalized spacial score (nSPS) is 9.40. The predicted molar refractivity (Wildman–Crippen MR) is 52.6 cm³/mol. The largest absolute Gasteiger partial charge is 0.348 e. The van der Waals surface area contributed by atoms with E-state index in [1.54, 1.807) is 0 Å². The molecule has 0 aliphatic carbocycles. The van der Waals surface area contributed by atoms with Crippen LogP contribution in [0.2, 0.25) is 5.15 Å². The van der Waals surface area contributed by atoms with Crippen molar-refractivity contribution in [3.8, 4) is 6.07 Å². The van der Waals surface area contributed by atoms with Crippen LogP contribution in [0.15, 0.2) is 6.33 Å². The molecular formula is C7H6ClN5O2. The molecule has 0 fully saturated rings. The highest BCUT2D eigenvalue weighted by Gasteiger charge is 2.23. The molecule has 0 saturated carbocycles. The van der Waals surface area contributed by atoms with Crippen LogP contribution in [0.4, 0.5) is 11.5 Å². The van der Waals surface area contributed by atoms with E-state index in [-0.39, 0.29) is 17.5 Å². The smallest absolute Gasteiger partial charge is 0.340 e. The average Bonchev–Trinajstić information content (AvgIpc) is 2.17. The minimum Gasteiger partial charge on any atom is -0.340 e. The fourth-order valence-electron chi connectivity index (χ4n) is 0.966. The minimum absolute atomic E-state index is 0.0197. The molecule has 1 heterocycles. The number of aromatic nitrogens is 2. The summed E-state index contributed by atoms with van der Waals surface area (Å²) in [6, 6.07) is 1.85. The summed E-state index contributed by atoms with van der Waals surface area (Å²) in [6.07, 6.45) is 1.11. The topological polar surface area (TPSA) is 96.0 Å². The van der Waals surface area contributed by atoms with E-state index < -0.39 is 10.6 Å². The maximum Gasteiger partial charge on any atom is 0.348 e. The van der Waals surface area contributed by atoms with Crippen LogP contribution in [0.25, 0.3) is 0 Å². The third-order valence-electron chi connectivity index (χ3n) is 1.61. The van der Waals surface area contributed by atoms with Crippen LogP contribution >= 0.6 is 11.6 Å². The van der Waals surface area contributed by atoms with Gasteiger partial charge < -0.3 is 4.90 Å². The quantitative estimate of drug-likeness (QED) is 0.331. The Morgan fingerprint density at radius 3 is 2.93 bits per heavy atom. The number of halogens is 1. The van der Waals surface area contributed by atoms with Crippen molar-refractivity contribution < 1.29 is 4.92 Å². The van der Waals surface area contributed by atoms with Crippen molar-refractivity contribution in [2.75, 3.05) is 18.5 Å². The first-order valence-electron chi connectivity index (χ1n) is 3.81. The molecule has 0 N–H and O–H groups in total. The third kappa shape index (κ3) is 2.30. The Kier molecular flexibility index (Phi) is 3.36. The van der Waals surface area contributed by atoms with E-state index in [9.17, 15) is 10.1 Å². The second-order valence-electron chi connectivity index (χ2n) is 2.61. The summed E-state index contributed by atoms with van der Waals surface area (Å²) in [4.78, 5) is 18.6. The molecule has 0 aliphatic rings. The first-order chi connectivity index (χ1) is 7.07. The Labute approximate surface area is 90.1 Å². The van der Waals surface area contributed by atoms with Crippen LogP contribution < -0.4 is 4.90 Å². The van der Waals surface area contributed by atoms with Crippen molar-refractivity contribution in [2.24, 2.45) is 0 Å². The number of nitrogens with zero attached hydrogens (tertiary/aromatic N) is 5. The Morgan fingerprint density at radius 2 is 2.40 bits per heavy atom. The summed E-state index contributed by atoms with van der Waals surface area (Å²) in [5, 5.41) is 18.9. The minimum atomic E-state index is -0.675. The Hall–Kier alpha value is -1.94. The zero-order chi connectivity index (χ0) is 11.4. The van der Waals surface area contributed by atoms with E-state index in [0.29, 0.717) is 0 Å². The third-order valence-corrected chi connectivity index (χ3v) is 1.89. The Morgan fingerprint density at radius 1 is 1.73 bits per heavy atom. The van der Waals surface area contributed by atoms with Crippen molar-refractivity contribution >= 4 is 23.1 Å². The first-order valence-corrected chi connectivity index (χ1v) is 4.18. The lowest BCUT2D eigenvalue weighted by atomic mass is 10.4. The number of hydrogen-bond donors (Lipinski definition) is 0. The van der Waals surface area contributed by atoms with E-state index in [2.05, 4.69) is 9.97 Å². The Bertz CT molecular complexity index is 430. The molecule has 78 valence electrons. The van der Waals surface area contributed by atoms with Crippen LogP contribution in [0.3, 0.4) is 0 Å². The summed E-state index contributed by atoms with van der Waals surface area (Å²) in [5.41, 5.74) is -0.392. The lowest BCUT2D eigenvalue weighted by Gasteiger charge is -2.13. The van der Waals surface area contributed by atoms with E-state index in [1.807, 2.05) is 6.07 Å². The fourth-order valence-corrected chi connectivity index (χ4v) is 1.16. The van der Waals surface area contributed by atoms with Gasteiger partial charge in [0.25, 0.3) is 0 Å². The molecule has 0 aliphatic heterocycles. The summed E-state index contributed by atoms with van der Waals surface area (Å²) >= 11 is 5.57. The summed E-state index contributed by atoms with van der Waals surface area (Å²) in [7, 11) is 1.51. The van der Waals surface area contributed by atoms with Gasteiger partial charge in [0.15, 0.2) is 0 Å². The van der Waals surface area contributed by atoms with Crippen LogP contribution in [-0.2, 0) is 0 Å². The molecule has 0 radical (unpaired) electrons. The molecule has 8 heteroatoms.